The van der Waals surface area contributed by atoms with Crippen LogP contribution in [0.5, 0.6) is 0 Å². The number of halogens is 1. The molecule has 1 aliphatic rings. The first-order valence-electron chi connectivity index (χ1n) is 10.8. The summed E-state index contributed by atoms with van der Waals surface area (Å²) in [7, 11) is -4.04. The summed E-state index contributed by atoms with van der Waals surface area (Å²) >= 11 is 0. The van der Waals surface area contributed by atoms with Crippen molar-refractivity contribution in [1.82, 2.24) is 4.57 Å². The predicted molar refractivity (Wildman–Crippen MR) is 121 cm³/mol. The fraction of sp³-hybridized carbons (Fsp3) is 0.375. The van der Waals surface area contributed by atoms with E-state index in [0.717, 1.165) is 44.3 Å². The van der Waals surface area contributed by atoms with E-state index in [1.807, 2.05) is 11.8 Å². The standard InChI is InChI=1S/C24H27FN2O3S/c1-3-4-10-27-16-23(31(29,30)18-9-7-8-17(2)13-18)24(28)19-14-20(25)22(15-21(19)27)26-11-5-6-12-26/h7-9,13-16H,3-6,10-12H2,1-2H3. The summed E-state index contributed by atoms with van der Waals surface area (Å²) in [5.41, 5.74) is 1.18. The molecule has 2 heterocycles. The molecule has 164 valence electrons. The molecular weight excluding hydrogens is 415 g/mol. The highest BCUT2D eigenvalue weighted by Gasteiger charge is 2.25. The third-order valence-corrected chi connectivity index (χ3v) is 7.65. The Morgan fingerprint density at radius 1 is 1.10 bits per heavy atom. The molecule has 0 unspecified atom stereocenters. The van der Waals surface area contributed by atoms with E-state index in [-0.39, 0.29) is 15.2 Å². The van der Waals surface area contributed by atoms with Crippen molar-refractivity contribution in [3.8, 4) is 0 Å². The van der Waals surface area contributed by atoms with Gasteiger partial charge in [0.15, 0.2) is 0 Å². The first-order valence-corrected chi connectivity index (χ1v) is 12.2. The lowest BCUT2D eigenvalue weighted by atomic mass is 10.1. The highest BCUT2D eigenvalue weighted by molar-refractivity contribution is 7.91. The van der Waals surface area contributed by atoms with Crippen LogP contribution in [0.2, 0.25) is 0 Å². The lowest BCUT2D eigenvalue weighted by Gasteiger charge is -2.21. The van der Waals surface area contributed by atoms with Gasteiger partial charge in [-0.15, -0.1) is 0 Å². The minimum atomic E-state index is -4.04. The van der Waals surface area contributed by atoms with Crippen LogP contribution in [0.25, 0.3) is 10.9 Å². The second-order valence-electron chi connectivity index (χ2n) is 8.20. The van der Waals surface area contributed by atoms with Crippen LogP contribution in [0.3, 0.4) is 0 Å². The first-order chi connectivity index (χ1) is 14.8. The van der Waals surface area contributed by atoms with Crippen LogP contribution in [-0.2, 0) is 16.4 Å². The number of nitrogens with zero attached hydrogens (tertiary/aromatic N) is 2. The van der Waals surface area contributed by atoms with Gasteiger partial charge in [-0.3, -0.25) is 4.79 Å². The molecule has 0 spiro atoms. The van der Waals surface area contributed by atoms with Crippen LogP contribution in [-0.4, -0.2) is 26.1 Å². The summed E-state index contributed by atoms with van der Waals surface area (Å²) in [6.45, 7) is 5.95. The number of hydrogen-bond donors (Lipinski definition) is 0. The summed E-state index contributed by atoms with van der Waals surface area (Å²) in [5, 5.41) is 0.102. The van der Waals surface area contributed by atoms with E-state index in [0.29, 0.717) is 17.7 Å². The Labute approximate surface area is 182 Å². The minimum absolute atomic E-state index is 0.0696. The fourth-order valence-corrected chi connectivity index (χ4v) is 5.66. The Kier molecular flexibility index (Phi) is 5.88. The summed E-state index contributed by atoms with van der Waals surface area (Å²) in [6, 6.07) is 9.40. The monoisotopic (exact) mass is 442 g/mol. The van der Waals surface area contributed by atoms with E-state index < -0.39 is 21.1 Å². The average molecular weight is 443 g/mol. The second kappa shape index (κ2) is 8.46. The molecule has 31 heavy (non-hydrogen) atoms. The van der Waals surface area contributed by atoms with Gasteiger partial charge in [0.25, 0.3) is 0 Å². The molecule has 2 aromatic carbocycles. The maximum Gasteiger partial charge on any atom is 0.211 e. The molecule has 1 aliphatic heterocycles. The lowest BCUT2D eigenvalue weighted by molar-refractivity contribution is 0.590. The van der Waals surface area contributed by atoms with Crippen molar-refractivity contribution >= 4 is 26.4 Å². The first kappa shape index (κ1) is 21.6. The quantitative estimate of drug-likeness (QED) is 0.556. The molecule has 0 atom stereocenters. The van der Waals surface area contributed by atoms with Gasteiger partial charge in [-0.1, -0.05) is 25.5 Å². The number of aromatic nitrogens is 1. The van der Waals surface area contributed by atoms with E-state index in [9.17, 15) is 13.2 Å². The van der Waals surface area contributed by atoms with Crippen LogP contribution in [0.1, 0.15) is 38.2 Å². The minimum Gasteiger partial charge on any atom is -0.369 e. The summed E-state index contributed by atoms with van der Waals surface area (Å²) in [4.78, 5) is 15.0. The normalized spacial score (nSPS) is 14.5. The third-order valence-electron chi connectivity index (χ3n) is 5.90. The molecule has 0 bridgehead atoms. The Morgan fingerprint density at radius 2 is 1.84 bits per heavy atom. The molecule has 0 amide bonds. The molecule has 1 aromatic heterocycles. The van der Waals surface area contributed by atoms with Gasteiger partial charge in [-0.05, 0) is 56.0 Å². The average Bonchev–Trinajstić information content (AvgIpc) is 3.27. The Bertz CT molecular complexity index is 1290. The molecule has 1 fully saturated rings. The van der Waals surface area contributed by atoms with Gasteiger partial charge >= 0.3 is 0 Å². The van der Waals surface area contributed by atoms with Crippen molar-refractivity contribution in [2.75, 3.05) is 18.0 Å². The fourth-order valence-electron chi connectivity index (χ4n) is 4.19. The van der Waals surface area contributed by atoms with Gasteiger partial charge in [-0.25, -0.2) is 12.8 Å². The van der Waals surface area contributed by atoms with E-state index in [1.165, 1.54) is 18.3 Å². The number of pyridine rings is 1. The zero-order valence-electron chi connectivity index (χ0n) is 17.9. The van der Waals surface area contributed by atoms with Crippen LogP contribution in [0.4, 0.5) is 10.1 Å². The van der Waals surface area contributed by atoms with Crippen molar-refractivity contribution in [2.45, 2.75) is 55.9 Å². The Morgan fingerprint density at radius 3 is 2.52 bits per heavy atom. The number of aryl methyl sites for hydroxylation is 2. The van der Waals surface area contributed by atoms with Gasteiger partial charge in [0.2, 0.25) is 15.3 Å². The maximum absolute atomic E-state index is 15.0. The van der Waals surface area contributed by atoms with Gasteiger partial charge in [0.05, 0.1) is 21.5 Å². The number of sulfone groups is 1. The molecule has 7 heteroatoms. The van der Waals surface area contributed by atoms with Gasteiger partial charge in [0.1, 0.15) is 10.7 Å². The van der Waals surface area contributed by atoms with E-state index in [4.69, 9.17) is 0 Å². The number of rotatable bonds is 6. The van der Waals surface area contributed by atoms with Crippen molar-refractivity contribution in [3.63, 3.8) is 0 Å². The van der Waals surface area contributed by atoms with Crippen LogP contribution in [0.15, 0.2) is 57.2 Å². The predicted octanol–water partition coefficient (Wildman–Crippen LogP) is 4.68. The smallest absolute Gasteiger partial charge is 0.211 e. The molecule has 0 N–H and O–H groups in total. The number of anilines is 1. The van der Waals surface area contributed by atoms with Crippen LogP contribution in [0, 0.1) is 12.7 Å². The van der Waals surface area contributed by atoms with Gasteiger partial charge in [-0.2, -0.15) is 0 Å². The second-order valence-corrected chi connectivity index (χ2v) is 10.1. The zero-order chi connectivity index (χ0) is 22.2. The molecule has 0 aliphatic carbocycles. The van der Waals surface area contributed by atoms with E-state index >= 15 is 4.39 Å². The largest absolute Gasteiger partial charge is 0.369 e. The molecule has 4 rings (SSSR count). The van der Waals surface area contributed by atoms with E-state index in [2.05, 4.69) is 0 Å². The van der Waals surface area contributed by atoms with Gasteiger partial charge < -0.3 is 9.47 Å². The number of benzene rings is 2. The molecule has 1 saturated heterocycles. The Balaban J connectivity index is 1.96. The van der Waals surface area contributed by atoms with Crippen molar-refractivity contribution < 1.29 is 12.8 Å². The molecule has 5 nitrogen and oxygen atoms in total. The summed E-state index contributed by atoms with van der Waals surface area (Å²) in [5.74, 6) is -0.487. The number of fused-ring (bicyclic) bond motifs is 1. The topological polar surface area (TPSA) is 59.4 Å². The zero-order valence-corrected chi connectivity index (χ0v) is 18.7. The third kappa shape index (κ3) is 3.99. The SMILES string of the molecule is CCCCn1cc(S(=O)(=O)c2cccc(C)c2)c(=O)c2cc(F)c(N3CCCC3)cc21. The van der Waals surface area contributed by atoms with Gasteiger partial charge in [0, 0.05) is 25.8 Å². The molecule has 0 saturated carbocycles. The molecule has 0 radical (unpaired) electrons. The van der Waals surface area contributed by atoms with Crippen molar-refractivity contribution in [3.05, 3.63) is 64.2 Å². The van der Waals surface area contributed by atoms with Crippen LogP contribution < -0.4 is 10.3 Å². The van der Waals surface area contributed by atoms with Crippen molar-refractivity contribution in [2.24, 2.45) is 0 Å². The highest BCUT2D eigenvalue weighted by atomic mass is 32.2. The summed E-state index contributed by atoms with van der Waals surface area (Å²) in [6.07, 6.45) is 5.18. The lowest BCUT2D eigenvalue weighted by Crippen LogP contribution is -2.22. The Hall–Kier alpha value is -2.67. The van der Waals surface area contributed by atoms with Crippen LogP contribution >= 0.6 is 0 Å². The summed E-state index contributed by atoms with van der Waals surface area (Å²) < 4.78 is 43.4. The number of hydrogen-bond acceptors (Lipinski definition) is 4. The highest BCUT2D eigenvalue weighted by Crippen LogP contribution is 2.29. The van der Waals surface area contributed by atoms with Crippen molar-refractivity contribution in [1.29, 1.82) is 0 Å². The number of unbranched alkanes of at least 4 members (excludes halogenated alkanes) is 1. The maximum atomic E-state index is 15.0. The van der Waals surface area contributed by atoms with E-state index in [1.54, 1.807) is 35.8 Å². The molecular formula is C24H27FN2O3S. The molecule has 3 aromatic rings.